The van der Waals surface area contributed by atoms with Gasteiger partial charge in [-0.15, -0.1) is 0 Å². The minimum absolute atomic E-state index is 0.0131. The molecule has 126 valence electrons. The molecule has 0 bridgehead atoms. The zero-order valence-electron chi connectivity index (χ0n) is 13.4. The Bertz CT molecular complexity index is 715. The van der Waals surface area contributed by atoms with Crippen molar-refractivity contribution >= 4 is 29.1 Å². The largest absolute Gasteiger partial charge is 0.481 e. The highest BCUT2D eigenvalue weighted by molar-refractivity contribution is 8.15. The van der Waals surface area contributed by atoms with Gasteiger partial charge in [0.2, 0.25) is 5.88 Å². The number of hydrogen-bond acceptors (Lipinski definition) is 5. The fourth-order valence-electron chi connectivity index (χ4n) is 2.61. The molecule has 0 fully saturated rings. The van der Waals surface area contributed by atoms with E-state index >= 15 is 0 Å². The van der Waals surface area contributed by atoms with E-state index in [2.05, 4.69) is 15.3 Å². The van der Waals surface area contributed by atoms with Gasteiger partial charge in [-0.1, -0.05) is 23.9 Å². The van der Waals surface area contributed by atoms with E-state index in [0.717, 1.165) is 5.56 Å². The Morgan fingerprint density at radius 2 is 2.12 bits per heavy atom. The molecule has 1 aromatic rings. The Hall–Kier alpha value is -2.15. The lowest BCUT2D eigenvalue weighted by molar-refractivity contribution is -0.117. The molecule has 0 spiro atoms. The summed E-state index contributed by atoms with van der Waals surface area (Å²) in [6, 6.07) is 6.21. The van der Waals surface area contributed by atoms with Crippen molar-refractivity contribution in [3.05, 3.63) is 47.6 Å². The molecule has 1 aromatic carbocycles. The number of carbonyl (C=O) groups is 1. The van der Waals surface area contributed by atoms with Crippen LogP contribution in [0.5, 0.6) is 0 Å². The molecule has 1 unspecified atom stereocenters. The molecule has 3 rings (SSSR count). The van der Waals surface area contributed by atoms with Crippen LogP contribution in [0.2, 0.25) is 0 Å². The normalized spacial score (nSPS) is 24.4. The predicted octanol–water partition coefficient (Wildman–Crippen LogP) is 3.05. The van der Waals surface area contributed by atoms with Gasteiger partial charge in [0.25, 0.3) is 5.91 Å². The lowest BCUT2D eigenvalue weighted by Crippen LogP contribution is -2.26. The fraction of sp³-hybridized carbons (Fsp3) is 0.353. The number of carbonyl (C=O) groups excluding carboxylic acids is 1. The number of allylic oxidation sites excluding steroid dienone is 1. The number of ether oxygens (including phenoxy) is 1. The Labute approximate surface area is 144 Å². The number of nitrogens with zero attached hydrogens (tertiary/aromatic N) is 2. The first-order valence-corrected chi connectivity index (χ1v) is 8.54. The van der Waals surface area contributed by atoms with E-state index < -0.39 is 0 Å². The van der Waals surface area contributed by atoms with Gasteiger partial charge in [-0.3, -0.25) is 4.79 Å². The molecular weight excluding hydrogens is 329 g/mol. The van der Waals surface area contributed by atoms with Crippen LogP contribution in [0.15, 0.2) is 46.2 Å². The van der Waals surface area contributed by atoms with E-state index in [0.29, 0.717) is 17.5 Å². The van der Waals surface area contributed by atoms with Crippen LogP contribution in [0.3, 0.4) is 0 Å². The van der Waals surface area contributed by atoms with Gasteiger partial charge in [0.05, 0.1) is 13.2 Å². The molecule has 2 aliphatic rings. The summed E-state index contributed by atoms with van der Waals surface area (Å²) in [5.74, 6) is 0.120. The van der Waals surface area contributed by atoms with Crippen molar-refractivity contribution in [2.24, 2.45) is 15.9 Å². The van der Waals surface area contributed by atoms with Crippen molar-refractivity contribution in [3.8, 4) is 0 Å². The van der Waals surface area contributed by atoms with Crippen molar-refractivity contribution in [1.29, 1.82) is 0 Å². The van der Waals surface area contributed by atoms with E-state index in [-0.39, 0.29) is 28.9 Å². The summed E-state index contributed by atoms with van der Waals surface area (Å²) in [4.78, 5) is 20.5. The predicted molar refractivity (Wildman–Crippen MR) is 93.5 cm³/mol. The third-order valence-electron chi connectivity index (χ3n) is 3.95. The molecule has 0 saturated carbocycles. The quantitative estimate of drug-likeness (QED) is 0.909. The maximum absolute atomic E-state index is 13.0. The Morgan fingerprint density at radius 1 is 1.38 bits per heavy atom. The maximum Gasteiger partial charge on any atom is 0.262 e. The first-order valence-electron chi connectivity index (χ1n) is 7.66. The summed E-state index contributed by atoms with van der Waals surface area (Å²) in [6.45, 7) is 1.95. The second-order valence-electron chi connectivity index (χ2n) is 5.63. The zero-order chi connectivity index (χ0) is 17.1. The van der Waals surface area contributed by atoms with Crippen LogP contribution in [-0.2, 0) is 9.53 Å². The minimum Gasteiger partial charge on any atom is -0.481 e. The second-order valence-corrected chi connectivity index (χ2v) is 6.76. The van der Waals surface area contributed by atoms with E-state index in [1.54, 1.807) is 25.5 Å². The van der Waals surface area contributed by atoms with E-state index in [9.17, 15) is 9.18 Å². The van der Waals surface area contributed by atoms with Crippen molar-refractivity contribution in [2.45, 2.75) is 24.6 Å². The highest BCUT2D eigenvalue weighted by Crippen LogP contribution is 2.33. The summed E-state index contributed by atoms with van der Waals surface area (Å²) in [7, 11) is 1.56. The van der Waals surface area contributed by atoms with Gasteiger partial charge < -0.3 is 10.1 Å². The third-order valence-corrected chi connectivity index (χ3v) is 5.19. The SMILES string of the molecule is COC1=CC([C@H]2SC(N[C@@H](C)c3ccc(F)cc3)=NC2=O)CC=N1. The lowest BCUT2D eigenvalue weighted by Gasteiger charge is -2.20. The Morgan fingerprint density at radius 3 is 2.83 bits per heavy atom. The zero-order valence-corrected chi connectivity index (χ0v) is 14.2. The first kappa shape index (κ1) is 16.7. The number of thioether (sulfide) groups is 1. The average Bonchev–Trinajstić information content (AvgIpc) is 2.95. The average molecular weight is 347 g/mol. The molecule has 2 heterocycles. The molecule has 0 aliphatic carbocycles. The molecule has 24 heavy (non-hydrogen) atoms. The van der Waals surface area contributed by atoms with Crippen LogP contribution in [-0.4, -0.2) is 29.6 Å². The van der Waals surface area contributed by atoms with E-state index in [4.69, 9.17) is 4.74 Å². The number of nitrogens with one attached hydrogen (secondary N) is 1. The molecule has 5 nitrogen and oxygen atoms in total. The molecule has 3 atom stereocenters. The van der Waals surface area contributed by atoms with Crippen LogP contribution in [0, 0.1) is 11.7 Å². The number of halogens is 1. The van der Waals surface area contributed by atoms with Gasteiger partial charge in [0.1, 0.15) is 11.1 Å². The van der Waals surface area contributed by atoms with Crippen LogP contribution in [0.25, 0.3) is 0 Å². The summed E-state index contributed by atoms with van der Waals surface area (Å²) in [6.07, 6.45) is 4.33. The van der Waals surface area contributed by atoms with Gasteiger partial charge >= 0.3 is 0 Å². The summed E-state index contributed by atoms with van der Waals surface area (Å²) in [5, 5.41) is 3.54. The van der Waals surface area contributed by atoms with Gasteiger partial charge in [0, 0.05) is 12.1 Å². The number of aliphatic imine (C=N–C) groups is 2. The van der Waals surface area contributed by atoms with Crippen molar-refractivity contribution in [3.63, 3.8) is 0 Å². The smallest absolute Gasteiger partial charge is 0.262 e. The molecule has 1 amide bonds. The molecular formula is C17H18FN3O2S. The van der Waals surface area contributed by atoms with Gasteiger partial charge in [0.15, 0.2) is 5.17 Å². The standard InChI is InChI=1S/C17H18FN3O2S/c1-10(11-3-5-13(18)6-4-11)20-17-21-16(22)15(24-17)12-7-8-19-14(9-12)23-2/h3-6,8-10,12,15H,7H2,1-2H3,(H,20,21,22)/t10-,12?,15+/m0/s1. The molecule has 0 aromatic heterocycles. The van der Waals surface area contributed by atoms with Crippen molar-refractivity contribution in [1.82, 2.24) is 5.32 Å². The number of methoxy groups -OCH3 is 1. The number of rotatable bonds is 4. The van der Waals surface area contributed by atoms with Crippen LogP contribution in [0.4, 0.5) is 4.39 Å². The maximum atomic E-state index is 13.0. The number of amides is 1. The lowest BCUT2D eigenvalue weighted by atomic mass is 9.99. The van der Waals surface area contributed by atoms with E-state index in [1.165, 1.54) is 23.9 Å². The molecule has 7 heteroatoms. The molecule has 0 saturated heterocycles. The number of benzene rings is 1. The summed E-state index contributed by atoms with van der Waals surface area (Å²) < 4.78 is 18.1. The number of amidine groups is 1. The van der Waals surface area contributed by atoms with Crippen molar-refractivity contribution < 1.29 is 13.9 Å². The summed E-state index contributed by atoms with van der Waals surface area (Å²) >= 11 is 1.42. The van der Waals surface area contributed by atoms with Crippen LogP contribution in [0.1, 0.15) is 24.9 Å². The van der Waals surface area contributed by atoms with Crippen molar-refractivity contribution in [2.75, 3.05) is 7.11 Å². The third kappa shape index (κ3) is 3.67. The first-order chi connectivity index (χ1) is 11.6. The second kappa shape index (κ2) is 7.17. The Balaban J connectivity index is 1.64. The fourth-order valence-corrected chi connectivity index (χ4v) is 3.75. The molecule has 2 aliphatic heterocycles. The van der Waals surface area contributed by atoms with Crippen LogP contribution >= 0.6 is 11.8 Å². The topological polar surface area (TPSA) is 63.0 Å². The minimum atomic E-state index is -0.273. The summed E-state index contributed by atoms with van der Waals surface area (Å²) in [5.41, 5.74) is 0.932. The molecule has 1 N–H and O–H groups in total. The van der Waals surface area contributed by atoms with Gasteiger partial charge in [-0.25, -0.2) is 9.38 Å². The monoisotopic (exact) mass is 347 g/mol. The number of hydrogen-bond donors (Lipinski definition) is 1. The van der Waals surface area contributed by atoms with E-state index in [1.807, 2.05) is 13.0 Å². The van der Waals surface area contributed by atoms with Gasteiger partial charge in [-0.2, -0.15) is 4.99 Å². The van der Waals surface area contributed by atoms with Gasteiger partial charge in [-0.05, 0) is 37.1 Å². The highest BCUT2D eigenvalue weighted by atomic mass is 32.2. The Kier molecular flexibility index (Phi) is 4.99. The highest BCUT2D eigenvalue weighted by Gasteiger charge is 2.35. The molecule has 0 radical (unpaired) electrons. The van der Waals surface area contributed by atoms with Crippen LogP contribution < -0.4 is 5.32 Å².